The van der Waals surface area contributed by atoms with Crippen LogP contribution >= 0.6 is 0 Å². The molecule has 22 heavy (non-hydrogen) atoms. The fourth-order valence-corrected chi connectivity index (χ4v) is 1.98. The number of hydrogen-bond donors (Lipinski definition) is 0. The Morgan fingerprint density at radius 1 is 1.05 bits per heavy atom. The average Bonchev–Trinajstić information content (AvgIpc) is 2.93. The number of carbonyl (C=O) groups is 2. The minimum Gasteiger partial charge on any atom is -0.461 e. The zero-order valence-electron chi connectivity index (χ0n) is 12.6. The highest BCUT2D eigenvalue weighted by Gasteiger charge is 2.21. The lowest BCUT2D eigenvalue weighted by Gasteiger charge is -2.06. The molecule has 0 atom stereocenters. The summed E-state index contributed by atoms with van der Waals surface area (Å²) in [7, 11) is 0. The van der Waals surface area contributed by atoms with Crippen molar-refractivity contribution in [2.75, 3.05) is 13.2 Å². The van der Waals surface area contributed by atoms with Crippen LogP contribution < -0.4 is 0 Å². The van der Waals surface area contributed by atoms with Crippen LogP contribution in [0.1, 0.15) is 40.5 Å². The van der Waals surface area contributed by atoms with Crippen molar-refractivity contribution in [3.8, 4) is 0 Å². The number of benzene rings is 1. The Morgan fingerprint density at radius 3 is 2.32 bits per heavy atom. The van der Waals surface area contributed by atoms with Gasteiger partial charge in [-0.1, -0.05) is 30.3 Å². The van der Waals surface area contributed by atoms with E-state index in [0.717, 1.165) is 5.56 Å². The number of imidazole rings is 1. The minimum absolute atomic E-state index is 0.0914. The fourth-order valence-electron chi connectivity index (χ4n) is 1.98. The van der Waals surface area contributed by atoms with Crippen LogP contribution in [0.25, 0.3) is 0 Å². The molecule has 116 valence electrons. The number of ether oxygens (including phenoxy) is 2. The molecule has 2 aromatic rings. The number of aromatic nitrogens is 2. The van der Waals surface area contributed by atoms with Gasteiger partial charge in [0.1, 0.15) is 0 Å². The third-order valence-corrected chi connectivity index (χ3v) is 2.91. The van der Waals surface area contributed by atoms with Gasteiger partial charge < -0.3 is 14.0 Å². The molecular formula is C16H18N2O4. The van der Waals surface area contributed by atoms with Crippen LogP contribution in [0.4, 0.5) is 0 Å². The zero-order valence-corrected chi connectivity index (χ0v) is 12.6. The van der Waals surface area contributed by atoms with Gasteiger partial charge in [-0.25, -0.2) is 14.6 Å². The van der Waals surface area contributed by atoms with E-state index in [4.69, 9.17) is 9.47 Å². The summed E-state index contributed by atoms with van der Waals surface area (Å²) in [6, 6.07) is 9.58. The molecule has 0 aliphatic rings. The van der Waals surface area contributed by atoms with Crippen LogP contribution in [-0.4, -0.2) is 34.7 Å². The number of esters is 2. The van der Waals surface area contributed by atoms with Crippen molar-refractivity contribution in [2.45, 2.75) is 20.4 Å². The fraction of sp³-hybridized carbons (Fsp3) is 0.312. The Kier molecular flexibility index (Phi) is 5.30. The summed E-state index contributed by atoms with van der Waals surface area (Å²) in [5.74, 6) is -1.03. The Labute approximate surface area is 128 Å². The molecule has 6 heteroatoms. The Hall–Kier alpha value is -2.63. The van der Waals surface area contributed by atoms with Crippen LogP contribution in [0.15, 0.2) is 36.5 Å². The van der Waals surface area contributed by atoms with Gasteiger partial charge in [0.2, 0.25) is 5.82 Å². The van der Waals surface area contributed by atoms with Gasteiger partial charge in [-0.2, -0.15) is 0 Å². The van der Waals surface area contributed by atoms with Gasteiger partial charge >= 0.3 is 11.9 Å². The summed E-state index contributed by atoms with van der Waals surface area (Å²) in [4.78, 5) is 27.8. The molecule has 0 aliphatic heterocycles. The van der Waals surface area contributed by atoms with Gasteiger partial charge in [0.25, 0.3) is 0 Å². The SMILES string of the molecule is CCOC(=O)c1cn(Cc2ccccc2)c(C(=O)OCC)n1. The molecule has 6 nitrogen and oxygen atoms in total. The van der Waals surface area contributed by atoms with Gasteiger partial charge in [0.05, 0.1) is 13.2 Å². The maximum atomic E-state index is 12.0. The summed E-state index contributed by atoms with van der Waals surface area (Å²) in [6.07, 6.45) is 1.51. The summed E-state index contributed by atoms with van der Waals surface area (Å²) < 4.78 is 11.5. The molecule has 1 heterocycles. The first-order chi connectivity index (χ1) is 10.7. The van der Waals surface area contributed by atoms with Crippen molar-refractivity contribution < 1.29 is 19.1 Å². The third-order valence-electron chi connectivity index (χ3n) is 2.91. The first-order valence-electron chi connectivity index (χ1n) is 7.11. The molecule has 0 radical (unpaired) electrons. The molecule has 0 bridgehead atoms. The number of carbonyl (C=O) groups excluding carboxylic acids is 2. The van der Waals surface area contributed by atoms with Crippen LogP contribution in [-0.2, 0) is 16.0 Å². The topological polar surface area (TPSA) is 70.4 Å². The van der Waals surface area contributed by atoms with Gasteiger partial charge in [-0.3, -0.25) is 0 Å². The molecule has 1 aromatic heterocycles. The lowest BCUT2D eigenvalue weighted by molar-refractivity contribution is 0.0506. The van der Waals surface area contributed by atoms with Crippen LogP contribution in [0.3, 0.4) is 0 Å². The van der Waals surface area contributed by atoms with E-state index in [-0.39, 0.29) is 24.7 Å². The molecular weight excluding hydrogens is 284 g/mol. The van der Waals surface area contributed by atoms with E-state index in [0.29, 0.717) is 6.54 Å². The molecule has 0 saturated heterocycles. The molecule has 0 fully saturated rings. The van der Waals surface area contributed by atoms with Gasteiger partial charge in [-0.15, -0.1) is 0 Å². The molecule has 0 N–H and O–H groups in total. The molecule has 0 aliphatic carbocycles. The Bertz CT molecular complexity index is 649. The Balaban J connectivity index is 2.32. The summed E-state index contributed by atoms with van der Waals surface area (Å²) in [6.45, 7) is 4.34. The summed E-state index contributed by atoms with van der Waals surface area (Å²) in [5, 5.41) is 0. The molecule has 0 unspecified atom stereocenters. The Morgan fingerprint density at radius 2 is 1.68 bits per heavy atom. The molecule has 0 spiro atoms. The predicted molar refractivity (Wildman–Crippen MR) is 79.7 cm³/mol. The smallest absolute Gasteiger partial charge is 0.374 e. The van der Waals surface area contributed by atoms with Crippen molar-refractivity contribution in [1.82, 2.24) is 9.55 Å². The highest BCUT2D eigenvalue weighted by atomic mass is 16.5. The molecule has 2 rings (SSSR count). The highest BCUT2D eigenvalue weighted by Crippen LogP contribution is 2.11. The maximum absolute atomic E-state index is 12.0. The summed E-state index contributed by atoms with van der Waals surface area (Å²) in [5.41, 5.74) is 1.08. The highest BCUT2D eigenvalue weighted by molar-refractivity contribution is 5.91. The first kappa shape index (κ1) is 15.8. The largest absolute Gasteiger partial charge is 0.461 e. The quantitative estimate of drug-likeness (QED) is 0.766. The van der Waals surface area contributed by atoms with Crippen molar-refractivity contribution in [3.63, 3.8) is 0 Å². The lowest BCUT2D eigenvalue weighted by Crippen LogP contribution is -2.13. The second kappa shape index (κ2) is 7.40. The van der Waals surface area contributed by atoms with Gasteiger partial charge in [0, 0.05) is 12.7 Å². The van der Waals surface area contributed by atoms with E-state index in [1.807, 2.05) is 30.3 Å². The van der Waals surface area contributed by atoms with E-state index in [1.165, 1.54) is 6.20 Å². The first-order valence-corrected chi connectivity index (χ1v) is 7.11. The van der Waals surface area contributed by atoms with E-state index in [9.17, 15) is 9.59 Å². The van der Waals surface area contributed by atoms with Crippen molar-refractivity contribution >= 4 is 11.9 Å². The van der Waals surface area contributed by atoms with Gasteiger partial charge in [-0.05, 0) is 19.4 Å². The second-order valence-electron chi connectivity index (χ2n) is 4.50. The van der Waals surface area contributed by atoms with E-state index >= 15 is 0 Å². The van der Waals surface area contributed by atoms with Crippen molar-refractivity contribution in [3.05, 3.63) is 53.6 Å². The maximum Gasteiger partial charge on any atom is 0.374 e. The summed E-state index contributed by atoms with van der Waals surface area (Å²) >= 11 is 0. The molecule has 0 amide bonds. The minimum atomic E-state index is -0.561. The zero-order chi connectivity index (χ0) is 15.9. The predicted octanol–water partition coefficient (Wildman–Crippen LogP) is 2.28. The van der Waals surface area contributed by atoms with E-state index in [1.54, 1.807) is 18.4 Å². The van der Waals surface area contributed by atoms with Crippen LogP contribution in [0.2, 0.25) is 0 Å². The van der Waals surface area contributed by atoms with Crippen LogP contribution in [0, 0.1) is 0 Å². The molecule has 1 aromatic carbocycles. The number of rotatable bonds is 6. The normalized spacial score (nSPS) is 10.3. The lowest BCUT2D eigenvalue weighted by atomic mass is 10.2. The second-order valence-corrected chi connectivity index (χ2v) is 4.50. The average molecular weight is 302 g/mol. The van der Waals surface area contributed by atoms with Crippen molar-refractivity contribution in [1.29, 1.82) is 0 Å². The third kappa shape index (κ3) is 3.72. The van der Waals surface area contributed by atoms with Gasteiger partial charge in [0.15, 0.2) is 5.69 Å². The van der Waals surface area contributed by atoms with Crippen molar-refractivity contribution in [2.24, 2.45) is 0 Å². The van der Waals surface area contributed by atoms with E-state index in [2.05, 4.69) is 4.98 Å². The standard InChI is InChI=1S/C16H18N2O4/c1-3-21-15(19)13-11-18(10-12-8-6-5-7-9-12)14(17-13)16(20)22-4-2/h5-9,11H,3-4,10H2,1-2H3. The van der Waals surface area contributed by atoms with E-state index < -0.39 is 11.9 Å². The number of hydrogen-bond acceptors (Lipinski definition) is 5. The number of nitrogens with zero attached hydrogens (tertiary/aromatic N) is 2. The van der Waals surface area contributed by atoms with Crippen LogP contribution in [0.5, 0.6) is 0 Å². The monoisotopic (exact) mass is 302 g/mol. The molecule has 0 saturated carbocycles.